The third kappa shape index (κ3) is 3.78. The lowest BCUT2D eigenvalue weighted by molar-refractivity contribution is 0.0952. The molecule has 0 spiro atoms. The van der Waals surface area contributed by atoms with Gasteiger partial charge in [0.25, 0.3) is 11.5 Å². The van der Waals surface area contributed by atoms with Gasteiger partial charge in [0, 0.05) is 32.4 Å². The Morgan fingerprint density at radius 1 is 1.24 bits per heavy atom. The summed E-state index contributed by atoms with van der Waals surface area (Å²) in [6.07, 6.45) is 5.89. The van der Waals surface area contributed by atoms with E-state index in [2.05, 4.69) is 31.1 Å². The molecule has 0 unspecified atom stereocenters. The van der Waals surface area contributed by atoms with Crippen molar-refractivity contribution < 1.29 is 9.18 Å². The van der Waals surface area contributed by atoms with Crippen LogP contribution >= 0.6 is 11.6 Å². The van der Waals surface area contributed by atoms with E-state index in [1.54, 1.807) is 13.1 Å². The molecule has 0 atom stereocenters. The van der Waals surface area contributed by atoms with Crippen molar-refractivity contribution in [3.8, 4) is 5.69 Å². The van der Waals surface area contributed by atoms with Crippen LogP contribution in [0.3, 0.4) is 0 Å². The number of aryl methyl sites for hydroxylation is 1. The molecule has 0 aliphatic heterocycles. The Bertz CT molecular complexity index is 1450. The summed E-state index contributed by atoms with van der Waals surface area (Å²) in [4.78, 5) is 30.2. The number of nitrogens with zero attached hydrogens (tertiary/aromatic N) is 6. The highest BCUT2D eigenvalue weighted by Crippen LogP contribution is 2.24. The van der Waals surface area contributed by atoms with E-state index in [1.165, 1.54) is 36.2 Å². The van der Waals surface area contributed by atoms with Crippen LogP contribution in [0.2, 0.25) is 5.02 Å². The molecular formula is C20H19ClFN9O2. The highest BCUT2D eigenvalue weighted by atomic mass is 35.5. The molecule has 4 aromatic heterocycles. The van der Waals surface area contributed by atoms with Crippen molar-refractivity contribution in [3.05, 3.63) is 57.6 Å². The molecule has 33 heavy (non-hydrogen) atoms. The van der Waals surface area contributed by atoms with Gasteiger partial charge < -0.3 is 16.0 Å². The lowest BCUT2D eigenvalue weighted by Gasteiger charge is -2.12. The van der Waals surface area contributed by atoms with Gasteiger partial charge in [-0.3, -0.25) is 14.2 Å². The van der Waals surface area contributed by atoms with Crippen molar-refractivity contribution in [2.24, 2.45) is 7.05 Å². The SMILES string of the molecule is CNc1cc(Nc2cc(Cl)cn(-c3cnn(C)c3F)c2=O)nc2c(C(=O)NC3CC3)cnn12. The van der Waals surface area contributed by atoms with E-state index in [-0.39, 0.29) is 34.2 Å². The third-order valence-corrected chi connectivity index (χ3v) is 5.45. The number of halogens is 2. The van der Waals surface area contributed by atoms with Crippen LogP contribution in [0.5, 0.6) is 0 Å². The average Bonchev–Trinajstić information content (AvgIpc) is 3.40. The van der Waals surface area contributed by atoms with Gasteiger partial charge in [0.15, 0.2) is 5.65 Å². The predicted molar refractivity (Wildman–Crippen MR) is 120 cm³/mol. The number of carbonyl (C=O) groups excluding carboxylic acids is 1. The molecule has 3 N–H and O–H groups in total. The number of anilines is 3. The summed E-state index contributed by atoms with van der Waals surface area (Å²) >= 11 is 6.21. The summed E-state index contributed by atoms with van der Waals surface area (Å²) in [5, 5.41) is 17.1. The number of hydrogen-bond acceptors (Lipinski definition) is 7. The van der Waals surface area contributed by atoms with Gasteiger partial charge in [0.2, 0.25) is 5.95 Å². The molecule has 1 aliphatic carbocycles. The standard InChI is InChI=1S/C20H19ClFN9O2/c1-23-16-6-15(28-18-12(7-25-31(16)18)19(32)26-11-3-4-11)27-13-5-10(21)9-30(20(13)33)14-8-24-29(2)17(14)22/h5-9,11,23H,3-4H2,1-2H3,(H,26,32)(H,27,28). The summed E-state index contributed by atoms with van der Waals surface area (Å²) in [6, 6.07) is 3.21. The number of aromatic nitrogens is 6. The molecule has 0 radical (unpaired) electrons. The molecule has 0 bridgehead atoms. The summed E-state index contributed by atoms with van der Waals surface area (Å²) < 4.78 is 18.0. The normalized spacial score (nSPS) is 13.3. The highest BCUT2D eigenvalue weighted by molar-refractivity contribution is 6.30. The van der Waals surface area contributed by atoms with Crippen molar-refractivity contribution in [2.45, 2.75) is 18.9 Å². The van der Waals surface area contributed by atoms with Crippen LogP contribution in [0.25, 0.3) is 11.3 Å². The number of pyridine rings is 1. The molecule has 4 heterocycles. The number of carbonyl (C=O) groups is 1. The van der Waals surface area contributed by atoms with Crippen molar-refractivity contribution >= 4 is 40.5 Å². The van der Waals surface area contributed by atoms with E-state index in [4.69, 9.17) is 11.6 Å². The maximum Gasteiger partial charge on any atom is 0.279 e. The van der Waals surface area contributed by atoms with Gasteiger partial charge in [-0.1, -0.05) is 11.6 Å². The molecule has 11 nitrogen and oxygen atoms in total. The molecular weight excluding hydrogens is 453 g/mol. The lowest BCUT2D eigenvalue weighted by Crippen LogP contribution is -2.25. The fourth-order valence-electron chi connectivity index (χ4n) is 3.38. The van der Waals surface area contributed by atoms with E-state index in [0.29, 0.717) is 17.0 Å². The minimum Gasteiger partial charge on any atom is -0.373 e. The van der Waals surface area contributed by atoms with Crippen molar-refractivity contribution in [3.63, 3.8) is 0 Å². The van der Waals surface area contributed by atoms with E-state index < -0.39 is 11.5 Å². The molecule has 1 amide bonds. The smallest absolute Gasteiger partial charge is 0.279 e. The Balaban J connectivity index is 1.57. The van der Waals surface area contributed by atoms with Crippen LogP contribution in [0.4, 0.5) is 21.7 Å². The van der Waals surface area contributed by atoms with Crippen molar-refractivity contribution in [1.29, 1.82) is 0 Å². The summed E-state index contributed by atoms with van der Waals surface area (Å²) in [5.74, 6) is -0.150. The summed E-state index contributed by atoms with van der Waals surface area (Å²) in [6.45, 7) is 0. The van der Waals surface area contributed by atoms with Crippen LogP contribution in [0.15, 0.2) is 35.5 Å². The largest absolute Gasteiger partial charge is 0.373 e. The predicted octanol–water partition coefficient (Wildman–Crippen LogP) is 2.08. The minimum atomic E-state index is -0.687. The Kier molecular flexibility index (Phi) is 5.01. The van der Waals surface area contributed by atoms with E-state index in [0.717, 1.165) is 22.1 Å². The van der Waals surface area contributed by atoms with Gasteiger partial charge in [0.1, 0.15) is 28.6 Å². The van der Waals surface area contributed by atoms with Gasteiger partial charge in [-0.25, -0.2) is 9.67 Å². The highest BCUT2D eigenvalue weighted by Gasteiger charge is 2.26. The molecule has 1 fully saturated rings. The Morgan fingerprint density at radius 2 is 2.03 bits per heavy atom. The van der Waals surface area contributed by atoms with E-state index in [9.17, 15) is 14.0 Å². The van der Waals surface area contributed by atoms with E-state index >= 15 is 0 Å². The number of nitrogens with one attached hydrogen (secondary N) is 3. The van der Waals surface area contributed by atoms with Crippen LogP contribution in [0, 0.1) is 5.95 Å². The summed E-state index contributed by atoms with van der Waals surface area (Å²) in [7, 11) is 3.12. The molecule has 0 aromatic carbocycles. The molecule has 1 aliphatic rings. The van der Waals surface area contributed by atoms with Gasteiger partial charge >= 0.3 is 0 Å². The zero-order chi connectivity index (χ0) is 23.3. The first-order valence-electron chi connectivity index (χ1n) is 10.1. The fourth-order valence-corrected chi connectivity index (χ4v) is 3.59. The van der Waals surface area contributed by atoms with Gasteiger partial charge in [-0.2, -0.15) is 19.1 Å². The quantitative estimate of drug-likeness (QED) is 0.393. The first-order valence-corrected chi connectivity index (χ1v) is 10.5. The van der Waals surface area contributed by atoms with Gasteiger partial charge in [-0.15, -0.1) is 0 Å². The number of amides is 1. The van der Waals surface area contributed by atoms with Crippen LogP contribution in [-0.2, 0) is 7.05 Å². The number of hydrogen-bond donors (Lipinski definition) is 3. The van der Waals surface area contributed by atoms with Crippen LogP contribution in [0.1, 0.15) is 23.2 Å². The maximum atomic E-state index is 14.4. The molecule has 5 rings (SSSR count). The van der Waals surface area contributed by atoms with E-state index in [1.807, 2.05) is 0 Å². The molecule has 4 aromatic rings. The summed E-state index contributed by atoms with van der Waals surface area (Å²) in [5.41, 5.74) is 0.0840. The number of fused-ring (bicyclic) bond motifs is 1. The third-order valence-electron chi connectivity index (χ3n) is 5.24. The molecule has 170 valence electrons. The Labute approximate surface area is 191 Å². The number of rotatable bonds is 6. The molecule has 1 saturated carbocycles. The second kappa shape index (κ2) is 7.89. The topological polar surface area (TPSA) is 123 Å². The first-order chi connectivity index (χ1) is 15.9. The van der Waals surface area contributed by atoms with Crippen molar-refractivity contribution in [2.75, 3.05) is 17.7 Å². The first kappa shape index (κ1) is 20.9. The van der Waals surface area contributed by atoms with Gasteiger partial charge in [-0.05, 0) is 18.9 Å². The maximum absolute atomic E-state index is 14.4. The zero-order valence-corrected chi connectivity index (χ0v) is 18.4. The second-order valence-electron chi connectivity index (χ2n) is 7.63. The molecule has 13 heteroatoms. The van der Waals surface area contributed by atoms with Crippen LogP contribution < -0.4 is 21.5 Å². The lowest BCUT2D eigenvalue weighted by atomic mass is 10.3. The minimum absolute atomic E-state index is 0.0396. The van der Waals surface area contributed by atoms with Crippen molar-refractivity contribution in [1.82, 2.24) is 34.3 Å². The molecule has 0 saturated heterocycles. The van der Waals surface area contributed by atoms with Gasteiger partial charge in [0.05, 0.1) is 17.4 Å². The second-order valence-corrected chi connectivity index (χ2v) is 8.07. The monoisotopic (exact) mass is 471 g/mol. The zero-order valence-electron chi connectivity index (χ0n) is 17.6. The Morgan fingerprint density at radius 3 is 2.70 bits per heavy atom. The Hall–Kier alpha value is -3.93. The average molecular weight is 472 g/mol. The van der Waals surface area contributed by atoms with Crippen LogP contribution in [-0.4, -0.2) is 47.9 Å². The fraction of sp³-hybridized carbons (Fsp3) is 0.250.